The number of hydrogen-bond donors (Lipinski definition) is 3. The normalized spacial score (nSPS) is 19.3. The molecule has 6 nitrogen and oxygen atoms in total. The molecule has 1 fully saturated rings. The van der Waals surface area contributed by atoms with Gasteiger partial charge in [-0.05, 0) is 38.1 Å². The first kappa shape index (κ1) is 20.7. The average Bonchev–Trinajstić information content (AvgIpc) is 3.01. The van der Waals surface area contributed by atoms with E-state index in [1.807, 2.05) is 0 Å². The number of hydrogen-bond acceptors (Lipinski definition) is 5. The molecule has 0 bridgehead atoms. The number of nitrogens with zero attached hydrogens (tertiary/aromatic N) is 1. The summed E-state index contributed by atoms with van der Waals surface area (Å²) in [4.78, 5) is 10.9. The molecular formula is C17H27F3N4O2. The second-order valence-corrected chi connectivity index (χ2v) is 7.56. The maximum atomic E-state index is 12.3. The van der Waals surface area contributed by atoms with E-state index in [0.717, 1.165) is 36.9 Å². The van der Waals surface area contributed by atoms with Gasteiger partial charge in [0.25, 0.3) is 0 Å². The Labute approximate surface area is 151 Å². The number of carbonyl (C=O) groups is 1. The van der Waals surface area contributed by atoms with Crippen molar-refractivity contribution in [2.45, 2.75) is 64.4 Å². The molecule has 1 aromatic rings. The summed E-state index contributed by atoms with van der Waals surface area (Å²) in [6, 6.07) is 0. The van der Waals surface area contributed by atoms with E-state index in [2.05, 4.69) is 39.4 Å². The van der Waals surface area contributed by atoms with Crippen molar-refractivity contribution >= 4 is 5.97 Å². The SMILES string of the molecule is CNC(CNCc1cn[nH]c1C1CCC(C)(C)CC1)OC(=O)C(F)(F)F. The number of likely N-dealkylation sites (N-methyl/N-ethyl adjacent to an activating group) is 1. The Morgan fingerprint density at radius 2 is 2.08 bits per heavy atom. The first-order valence-electron chi connectivity index (χ1n) is 8.80. The Bertz CT molecular complexity index is 591. The first-order valence-corrected chi connectivity index (χ1v) is 8.80. The molecule has 1 aliphatic rings. The number of alkyl halides is 3. The monoisotopic (exact) mass is 376 g/mol. The quantitative estimate of drug-likeness (QED) is 0.504. The van der Waals surface area contributed by atoms with Crippen molar-refractivity contribution in [2.24, 2.45) is 5.41 Å². The predicted octanol–water partition coefficient (Wildman–Crippen LogP) is 2.83. The highest BCUT2D eigenvalue weighted by atomic mass is 19.4. The molecule has 0 radical (unpaired) electrons. The van der Waals surface area contributed by atoms with Gasteiger partial charge in [-0.25, -0.2) is 4.79 Å². The lowest BCUT2D eigenvalue weighted by Gasteiger charge is -2.34. The Kier molecular flexibility index (Phi) is 6.68. The van der Waals surface area contributed by atoms with Crippen LogP contribution in [0.2, 0.25) is 0 Å². The van der Waals surface area contributed by atoms with E-state index in [4.69, 9.17) is 0 Å². The van der Waals surface area contributed by atoms with Gasteiger partial charge in [0.2, 0.25) is 0 Å². The van der Waals surface area contributed by atoms with Crippen molar-refractivity contribution in [3.05, 3.63) is 17.5 Å². The van der Waals surface area contributed by atoms with Gasteiger partial charge in [-0.15, -0.1) is 0 Å². The summed E-state index contributed by atoms with van der Waals surface area (Å²) >= 11 is 0. The fourth-order valence-electron chi connectivity index (χ4n) is 3.24. The summed E-state index contributed by atoms with van der Waals surface area (Å²) in [5, 5.41) is 12.8. The molecule has 3 N–H and O–H groups in total. The summed E-state index contributed by atoms with van der Waals surface area (Å²) in [5.41, 5.74) is 2.45. The fraction of sp³-hybridized carbons (Fsp3) is 0.765. The number of rotatable bonds is 7. The highest BCUT2D eigenvalue weighted by Crippen LogP contribution is 2.42. The number of H-pyrrole nitrogens is 1. The Balaban J connectivity index is 1.85. The third-order valence-corrected chi connectivity index (χ3v) is 4.95. The van der Waals surface area contributed by atoms with Crippen molar-refractivity contribution in [3.8, 4) is 0 Å². The molecule has 9 heteroatoms. The van der Waals surface area contributed by atoms with Gasteiger partial charge < -0.3 is 10.1 Å². The number of aromatic amines is 1. The minimum Gasteiger partial charge on any atom is -0.439 e. The van der Waals surface area contributed by atoms with Crippen molar-refractivity contribution in [2.75, 3.05) is 13.6 Å². The minimum absolute atomic E-state index is 0.0562. The van der Waals surface area contributed by atoms with Gasteiger partial charge in [0.15, 0.2) is 6.23 Å². The van der Waals surface area contributed by atoms with Crippen LogP contribution in [0.5, 0.6) is 0 Å². The third-order valence-electron chi connectivity index (χ3n) is 4.95. The number of halogens is 3. The van der Waals surface area contributed by atoms with E-state index in [1.54, 1.807) is 6.20 Å². The molecule has 2 rings (SSSR count). The van der Waals surface area contributed by atoms with Crippen LogP contribution < -0.4 is 10.6 Å². The minimum atomic E-state index is -5.00. The van der Waals surface area contributed by atoms with Gasteiger partial charge in [0, 0.05) is 30.3 Å². The summed E-state index contributed by atoms with van der Waals surface area (Å²) in [6.45, 7) is 5.05. The van der Waals surface area contributed by atoms with E-state index in [-0.39, 0.29) is 6.54 Å². The largest absolute Gasteiger partial charge is 0.490 e. The van der Waals surface area contributed by atoms with Crippen LogP contribution in [-0.2, 0) is 16.1 Å². The number of carbonyl (C=O) groups excluding carboxylic acids is 1. The zero-order valence-corrected chi connectivity index (χ0v) is 15.4. The predicted molar refractivity (Wildman–Crippen MR) is 90.3 cm³/mol. The zero-order chi connectivity index (χ0) is 19.4. The van der Waals surface area contributed by atoms with Crippen molar-refractivity contribution in [1.82, 2.24) is 20.8 Å². The molecular weight excluding hydrogens is 349 g/mol. The first-order chi connectivity index (χ1) is 12.1. The Hall–Kier alpha value is -1.61. The molecule has 0 saturated heterocycles. The van der Waals surface area contributed by atoms with E-state index < -0.39 is 18.4 Å². The van der Waals surface area contributed by atoms with Crippen LogP contribution in [-0.4, -0.2) is 42.2 Å². The maximum Gasteiger partial charge on any atom is 0.490 e. The lowest BCUT2D eigenvalue weighted by Crippen LogP contribution is -2.43. The third kappa shape index (κ3) is 5.70. The Morgan fingerprint density at radius 3 is 2.65 bits per heavy atom. The van der Waals surface area contributed by atoms with Crippen LogP contribution in [0, 0.1) is 5.41 Å². The van der Waals surface area contributed by atoms with Crippen molar-refractivity contribution in [3.63, 3.8) is 0 Å². The van der Waals surface area contributed by atoms with Crippen LogP contribution in [0.4, 0.5) is 13.2 Å². The molecule has 0 aromatic carbocycles. The molecule has 1 saturated carbocycles. The molecule has 1 atom stereocenters. The van der Waals surface area contributed by atoms with E-state index in [0.29, 0.717) is 17.9 Å². The fourth-order valence-corrected chi connectivity index (χ4v) is 3.24. The summed E-state index contributed by atoms with van der Waals surface area (Å²) in [7, 11) is 1.43. The zero-order valence-electron chi connectivity index (χ0n) is 15.4. The standard InChI is InChI=1S/C17H27F3N4O2/c1-16(2)6-4-11(5-7-16)14-12(9-23-24-14)8-22-10-13(21-3)26-15(25)17(18,19)20/h9,11,13,21-22H,4-8,10H2,1-3H3,(H,23,24). The average molecular weight is 376 g/mol. The van der Waals surface area contributed by atoms with Crippen LogP contribution in [0.3, 0.4) is 0 Å². The van der Waals surface area contributed by atoms with Crippen molar-refractivity contribution < 1.29 is 22.7 Å². The molecule has 0 amide bonds. The highest BCUT2D eigenvalue weighted by molar-refractivity contribution is 5.75. The smallest absolute Gasteiger partial charge is 0.439 e. The molecule has 1 aliphatic carbocycles. The molecule has 0 spiro atoms. The summed E-state index contributed by atoms with van der Waals surface area (Å²) < 4.78 is 41.2. The van der Waals surface area contributed by atoms with E-state index in [1.165, 1.54) is 7.05 Å². The lowest BCUT2D eigenvalue weighted by atomic mass is 9.72. The topological polar surface area (TPSA) is 79.0 Å². The van der Waals surface area contributed by atoms with Gasteiger partial charge in [-0.3, -0.25) is 10.4 Å². The number of nitrogens with one attached hydrogen (secondary N) is 3. The molecule has 0 aliphatic heterocycles. The molecule has 1 unspecified atom stereocenters. The highest BCUT2D eigenvalue weighted by Gasteiger charge is 2.42. The summed E-state index contributed by atoms with van der Waals surface area (Å²) in [5.74, 6) is -1.78. The Morgan fingerprint density at radius 1 is 1.42 bits per heavy atom. The lowest BCUT2D eigenvalue weighted by molar-refractivity contribution is -0.205. The molecule has 1 heterocycles. The number of esters is 1. The second kappa shape index (κ2) is 8.39. The maximum absolute atomic E-state index is 12.3. The van der Waals surface area contributed by atoms with Crippen LogP contribution in [0.25, 0.3) is 0 Å². The molecule has 26 heavy (non-hydrogen) atoms. The second-order valence-electron chi connectivity index (χ2n) is 7.56. The van der Waals surface area contributed by atoms with E-state index >= 15 is 0 Å². The number of aromatic nitrogens is 2. The van der Waals surface area contributed by atoms with Crippen molar-refractivity contribution in [1.29, 1.82) is 0 Å². The summed E-state index contributed by atoms with van der Waals surface area (Å²) in [6.07, 6.45) is 0.154. The van der Waals surface area contributed by atoms with Gasteiger partial charge in [-0.1, -0.05) is 13.8 Å². The van der Waals surface area contributed by atoms with Crippen LogP contribution in [0.1, 0.15) is 56.7 Å². The van der Waals surface area contributed by atoms with Gasteiger partial charge in [0.1, 0.15) is 0 Å². The van der Waals surface area contributed by atoms with E-state index in [9.17, 15) is 18.0 Å². The molecule has 1 aromatic heterocycles. The van der Waals surface area contributed by atoms with Gasteiger partial charge in [-0.2, -0.15) is 18.3 Å². The van der Waals surface area contributed by atoms with Gasteiger partial charge >= 0.3 is 12.1 Å². The van der Waals surface area contributed by atoms with Crippen LogP contribution >= 0.6 is 0 Å². The van der Waals surface area contributed by atoms with Crippen LogP contribution in [0.15, 0.2) is 6.20 Å². The number of ether oxygens (including phenoxy) is 1. The van der Waals surface area contributed by atoms with Gasteiger partial charge in [0.05, 0.1) is 6.20 Å². The molecule has 148 valence electrons.